The molecule has 0 bridgehead atoms. The van der Waals surface area contributed by atoms with Gasteiger partial charge < -0.3 is 25.3 Å². The number of amides is 4. The van der Waals surface area contributed by atoms with Gasteiger partial charge in [-0.1, -0.05) is 13.8 Å². The van der Waals surface area contributed by atoms with Gasteiger partial charge in [0.25, 0.3) is 5.91 Å². The number of ketones is 1. The summed E-state index contributed by atoms with van der Waals surface area (Å²) in [6, 6.07) is 5.17. The fraction of sp³-hybridized carbons (Fsp3) is 0.560. The molecule has 1 unspecified atom stereocenters. The van der Waals surface area contributed by atoms with Crippen LogP contribution in [0.5, 0.6) is 0 Å². The van der Waals surface area contributed by atoms with Gasteiger partial charge in [-0.05, 0) is 43.0 Å². The van der Waals surface area contributed by atoms with Crippen molar-refractivity contribution in [1.82, 2.24) is 20.4 Å². The molecule has 0 spiro atoms. The Balaban J connectivity index is 1.73. The van der Waals surface area contributed by atoms with Crippen LogP contribution < -0.4 is 15.5 Å². The van der Waals surface area contributed by atoms with Crippen LogP contribution in [0.2, 0.25) is 0 Å². The van der Waals surface area contributed by atoms with Crippen LogP contribution in [0.1, 0.15) is 44.0 Å². The zero-order chi connectivity index (χ0) is 25.9. The molecule has 3 atom stereocenters. The molecule has 2 heterocycles. The molecule has 0 radical (unpaired) electrons. The van der Waals surface area contributed by atoms with E-state index in [1.807, 2.05) is 45.0 Å². The predicted molar refractivity (Wildman–Crippen MR) is 131 cm³/mol. The minimum absolute atomic E-state index is 0.0863. The van der Waals surface area contributed by atoms with Crippen LogP contribution in [-0.4, -0.2) is 91.1 Å². The van der Waals surface area contributed by atoms with E-state index in [2.05, 4.69) is 10.6 Å². The van der Waals surface area contributed by atoms with Gasteiger partial charge in [0, 0.05) is 38.8 Å². The monoisotopic (exact) mass is 485 g/mol. The summed E-state index contributed by atoms with van der Waals surface area (Å²) in [5.41, 5.74) is 1.40. The van der Waals surface area contributed by atoms with E-state index >= 15 is 0 Å². The molecule has 2 aliphatic heterocycles. The second kappa shape index (κ2) is 10.9. The van der Waals surface area contributed by atoms with Crippen LogP contribution in [-0.2, 0) is 19.2 Å². The Hall–Kier alpha value is -3.43. The van der Waals surface area contributed by atoms with Gasteiger partial charge >= 0.3 is 0 Å². The predicted octanol–water partition coefficient (Wildman–Crippen LogP) is 0.414. The average Bonchev–Trinajstić information content (AvgIpc) is 3.37. The molecule has 2 aliphatic rings. The van der Waals surface area contributed by atoms with Gasteiger partial charge in [-0.3, -0.25) is 24.0 Å². The SMILES string of the molecule is CC(=O)NCC(=O)N1CC(=O)[C@@H]2[C@H]1CCN2C(=O)C(CC(C)C)NC(=O)c1ccc(N(C)C)cc1. The number of hydrogen-bond acceptors (Lipinski definition) is 6. The quantitative estimate of drug-likeness (QED) is 0.551. The highest BCUT2D eigenvalue weighted by molar-refractivity contribution is 6.01. The third-order valence-electron chi connectivity index (χ3n) is 6.47. The summed E-state index contributed by atoms with van der Waals surface area (Å²) < 4.78 is 0. The summed E-state index contributed by atoms with van der Waals surface area (Å²) in [7, 11) is 3.82. The largest absolute Gasteiger partial charge is 0.378 e. The summed E-state index contributed by atoms with van der Waals surface area (Å²) in [4.78, 5) is 68.0. The lowest BCUT2D eigenvalue weighted by atomic mass is 10.0. The molecule has 2 saturated heterocycles. The fourth-order valence-electron chi connectivity index (χ4n) is 4.74. The standard InChI is InChI=1S/C25H35N5O5/c1-15(2)12-19(27-24(34)17-6-8-18(9-7-17)28(4)5)25(35)29-11-10-20-23(29)21(32)14-30(20)22(33)13-26-16(3)31/h6-9,15,19-20,23H,10-14H2,1-5H3,(H,26,31)(H,27,34)/t19?,20-,23+/m1/s1. The van der Waals surface area contributed by atoms with Crippen molar-refractivity contribution in [2.24, 2.45) is 5.92 Å². The second-order valence-corrected chi connectivity index (χ2v) is 9.83. The van der Waals surface area contributed by atoms with Crippen molar-refractivity contribution in [1.29, 1.82) is 0 Å². The Morgan fingerprint density at radius 2 is 1.74 bits per heavy atom. The Morgan fingerprint density at radius 1 is 1.09 bits per heavy atom. The summed E-state index contributed by atoms with van der Waals surface area (Å²) >= 11 is 0. The van der Waals surface area contributed by atoms with E-state index in [9.17, 15) is 24.0 Å². The van der Waals surface area contributed by atoms with Gasteiger partial charge in [-0.25, -0.2) is 0 Å². The Kier molecular flexibility index (Phi) is 8.14. The van der Waals surface area contributed by atoms with Gasteiger partial charge in [0.1, 0.15) is 12.1 Å². The molecule has 0 saturated carbocycles. The number of Topliss-reactive ketones (excluding diaryl/α,β-unsaturated/α-hetero) is 1. The Morgan fingerprint density at radius 3 is 2.31 bits per heavy atom. The number of carbonyl (C=O) groups excluding carboxylic acids is 5. The zero-order valence-electron chi connectivity index (χ0n) is 21.0. The first-order valence-electron chi connectivity index (χ1n) is 11.9. The third-order valence-corrected chi connectivity index (χ3v) is 6.47. The number of fused-ring (bicyclic) bond motifs is 1. The van der Waals surface area contributed by atoms with Crippen molar-refractivity contribution in [2.75, 3.05) is 38.6 Å². The van der Waals surface area contributed by atoms with E-state index in [0.29, 0.717) is 24.9 Å². The summed E-state index contributed by atoms with van der Waals surface area (Å²) in [5.74, 6) is -1.40. The van der Waals surface area contributed by atoms with E-state index in [1.165, 1.54) is 16.7 Å². The maximum Gasteiger partial charge on any atom is 0.251 e. The lowest BCUT2D eigenvalue weighted by Crippen LogP contribution is -2.53. The van der Waals surface area contributed by atoms with E-state index in [0.717, 1.165) is 5.69 Å². The topological polar surface area (TPSA) is 119 Å². The first-order chi connectivity index (χ1) is 16.5. The Bertz CT molecular complexity index is 990. The highest BCUT2D eigenvalue weighted by atomic mass is 16.2. The van der Waals surface area contributed by atoms with Crippen molar-refractivity contribution >= 4 is 35.1 Å². The number of likely N-dealkylation sites (tertiary alicyclic amines) is 2. The number of carbonyl (C=O) groups is 5. The molecule has 10 heteroatoms. The molecule has 35 heavy (non-hydrogen) atoms. The molecule has 4 amide bonds. The molecular weight excluding hydrogens is 450 g/mol. The highest BCUT2D eigenvalue weighted by Crippen LogP contribution is 2.30. The maximum atomic E-state index is 13.6. The lowest BCUT2D eigenvalue weighted by Gasteiger charge is -2.29. The summed E-state index contributed by atoms with van der Waals surface area (Å²) in [6.45, 7) is 5.31. The molecule has 2 fully saturated rings. The normalized spacial score (nSPS) is 20.0. The first-order valence-corrected chi connectivity index (χ1v) is 11.9. The van der Waals surface area contributed by atoms with Gasteiger partial charge in [-0.2, -0.15) is 0 Å². The van der Waals surface area contributed by atoms with Crippen molar-refractivity contribution in [2.45, 2.75) is 51.7 Å². The lowest BCUT2D eigenvalue weighted by molar-refractivity contribution is -0.138. The van der Waals surface area contributed by atoms with Gasteiger partial charge in [0.2, 0.25) is 17.7 Å². The minimum atomic E-state index is -0.785. The van der Waals surface area contributed by atoms with Crippen LogP contribution in [0.3, 0.4) is 0 Å². The first kappa shape index (κ1) is 26.2. The Labute approximate surface area is 206 Å². The highest BCUT2D eigenvalue weighted by Gasteiger charge is 2.52. The minimum Gasteiger partial charge on any atom is -0.378 e. The van der Waals surface area contributed by atoms with E-state index in [-0.39, 0.29) is 48.4 Å². The van der Waals surface area contributed by atoms with Gasteiger partial charge in [0.05, 0.1) is 19.1 Å². The molecule has 190 valence electrons. The molecule has 10 nitrogen and oxygen atoms in total. The van der Waals surface area contributed by atoms with Gasteiger partial charge in [-0.15, -0.1) is 0 Å². The molecular formula is C25H35N5O5. The summed E-state index contributed by atoms with van der Waals surface area (Å²) in [5, 5.41) is 5.33. The number of rotatable bonds is 8. The molecule has 3 rings (SSSR count). The summed E-state index contributed by atoms with van der Waals surface area (Å²) in [6.07, 6.45) is 0.899. The molecule has 1 aromatic rings. The number of hydrogen-bond donors (Lipinski definition) is 2. The van der Waals surface area contributed by atoms with Crippen LogP contribution in [0.15, 0.2) is 24.3 Å². The number of anilines is 1. The van der Waals surface area contributed by atoms with Crippen LogP contribution in [0.25, 0.3) is 0 Å². The van der Waals surface area contributed by atoms with Crippen LogP contribution in [0, 0.1) is 5.92 Å². The number of nitrogens with zero attached hydrogens (tertiary/aromatic N) is 3. The number of benzene rings is 1. The van der Waals surface area contributed by atoms with Crippen molar-refractivity contribution in [3.8, 4) is 0 Å². The second-order valence-electron chi connectivity index (χ2n) is 9.83. The number of nitrogens with one attached hydrogen (secondary N) is 2. The van der Waals surface area contributed by atoms with Gasteiger partial charge in [0.15, 0.2) is 5.78 Å². The third kappa shape index (κ3) is 5.98. The average molecular weight is 486 g/mol. The van der Waals surface area contributed by atoms with E-state index in [1.54, 1.807) is 12.1 Å². The van der Waals surface area contributed by atoms with Crippen molar-refractivity contribution in [3.05, 3.63) is 29.8 Å². The van der Waals surface area contributed by atoms with Crippen molar-refractivity contribution < 1.29 is 24.0 Å². The molecule has 1 aromatic carbocycles. The maximum absolute atomic E-state index is 13.6. The molecule has 0 aromatic heterocycles. The molecule has 0 aliphatic carbocycles. The van der Waals surface area contributed by atoms with Crippen LogP contribution >= 0.6 is 0 Å². The fourth-order valence-corrected chi connectivity index (χ4v) is 4.74. The smallest absolute Gasteiger partial charge is 0.251 e. The zero-order valence-corrected chi connectivity index (χ0v) is 21.0. The van der Waals surface area contributed by atoms with Crippen LogP contribution in [0.4, 0.5) is 5.69 Å². The van der Waals surface area contributed by atoms with E-state index in [4.69, 9.17) is 0 Å². The van der Waals surface area contributed by atoms with E-state index < -0.39 is 18.1 Å². The molecule has 2 N–H and O–H groups in total. The van der Waals surface area contributed by atoms with Crippen molar-refractivity contribution in [3.63, 3.8) is 0 Å².